The van der Waals surface area contributed by atoms with Gasteiger partial charge < -0.3 is 10.1 Å². The highest BCUT2D eigenvalue weighted by Crippen LogP contribution is 2.24. The lowest BCUT2D eigenvalue weighted by Crippen LogP contribution is -2.43. The van der Waals surface area contributed by atoms with Crippen molar-refractivity contribution in [3.8, 4) is 0 Å². The molecule has 0 aliphatic carbocycles. The van der Waals surface area contributed by atoms with Gasteiger partial charge in [0.15, 0.2) is 0 Å². The van der Waals surface area contributed by atoms with Gasteiger partial charge in [-0.1, -0.05) is 18.2 Å². The minimum absolute atomic E-state index is 0.0681. The molecule has 0 amide bonds. The smallest absolute Gasteiger partial charge is 0.301 e. The SMILES string of the molecule is CNC(C)c1ccccc1NS(=O)(=O)N1CCOCC1. The molecule has 0 radical (unpaired) electrons. The molecule has 0 saturated carbocycles. The summed E-state index contributed by atoms with van der Waals surface area (Å²) in [6.07, 6.45) is 0. The monoisotopic (exact) mass is 299 g/mol. The van der Waals surface area contributed by atoms with E-state index in [1.54, 1.807) is 6.07 Å². The highest BCUT2D eigenvalue weighted by atomic mass is 32.2. The lowest BCUT2D eigenvalue weighted by atomic mass is 10.1. The molecule has 1 aliphatic rings. The Morgan fingerprint density at radius 2 is 1.90 bits per heavy atom. The molecular weight excluding hydrogens is 278 g/mol. The minimum atomic E-state index is -3.53. The Labute approximate surface area is 120 Å². The average Bonchev–Trinajstić information content (AvgIpc) is 2.47. The van der Waals surface area contributed by atoms with Crippen LogP contribution in [0.2, 0.25) is 0 Å². The van der Waals surface area contributed by atoms with Gasteiger partial charge in [0, 0.05) is 19.1 Å². The Morgan fingerprint density at radius 3 is 2.55 bits per heavy atom. The predicted octanol–water partition coefficient (Wildman–Crippen LogP) is 0.956. The summed E-state index contributed by atoms with van der Waals surface area (Å²) in [6, 6.07) is 7.48. The number of hydrogen-bond acceptors (Lipinski definition) is 4. The maximum atomic E-state index is 12.4. The Kier molecular flexibility index (Phi) is 4.98. The Balaban J connectivity index is 2.20. The van der Waals surface area contributed by atoms with Crippen LogP contribution in [0.5, 0.6) is 0 Å². The van der Waals surface area contributed by atoms with E-state index in [4.69, 9.17) is 4.74 Å². The van der Waals surface area contributed by atoms with E-state index in [1.165, 1.54) is 4.31 Å². The summed E-state index contributed by atoms with van der Waals surface area (Å²) in [7, 11) is -1.68. The number of nitrogens with zero attached hydrogens (tertiary/aromatic N) is 1. The predicted molar refractivity (Wildman–Crippen MR) is 78.9 cm³/mol. The first-order chi connectivity index (χ1) is 9.54. The molecule has 0 bridgehead atoms. The van der Waals surface area contributed by atoms with Crippen LogP contribution in [0.25, 0.3) is 0 Å². The number of benzene rings is 1. The van der Waals surface area contributed by atoms with Crippen LogP contribution in [0.3, 0.4) is 0 Å². The van der Waals surface area contributed by atoms with Gasteiger partial charge in [0.2, 0.25) is 0 Å². The third-order valence-electron chi connectivity index (χ3n) is 3.41. The van der Waals surface area contributed by atoms with Crippen LogP contribution in [0.15, 0.2) is 24.3 Å². The molecule has 20 heavy (non-hydrogen) atoms. The number of hydrogen-bond donors (Lipinski definition) is 2. The summed E-state index contributed by atoms with van der Waals surface area (Å²) < 4.78 is 34.0. The summed E-state index contributed by atoms with van der Waals surface area (Å²) >= 11 is 0. The molecule has 1 heterocycles. The fourth-order valence-corrected chi connectivity index (χ4v) is 3.34. The zero-order chi connectivity index (χ0) is 14.6. The van der Waals surface area contributed by atoms with E-state index in [0.29, 0.717) is 32.0 Å². The van der Waals surface area contributed by atoms with Crippen LogP contribution < -0.4 is 10.0 Å². The Morgan fingerprint density at radius 1 is 1.25 bits per heavy atom. The highest BCUT2D eigenvalue weighted by molar-refractivity contribution is 7.90. The van der Waals surface area contributed by atoms with Crippen molar-refractivity contribution in [2.45, 2.75) is 13.0 Å². The van der Waals surface area contributed by atoms with E-state index in [2.05, 4.69) is 10.0 Å². The second-order valence-electron chi connectivity index (χ2n) is 4.72. The fourth-order valence-electron chi connectivity index (χ4n) is 2.11. The summed E-state index contributed by atoms with van der Waals surface area (Å²) in [5.74, 6) is 0. The van der Waals surface area contributed by atoms with Crippen LogP contribution >= 0.6 is 0 Å². The number of nitrogens with one attached hydrogen (secondary N) is 2. The van der Waals surface area contributed by atoms with Crippen molar-refractivity contribution in [3.05, 3.63) is 29.8 Å². The molecule has 1 aromatic carbocycles. The van der Waals surface area contributed by atoms with E-state index >= 15 is 0 Å². The maximum absolute atomic E-state index is 12.4. The van der Waals surface area contributed by atoms with Crippen molar-refractivity contribution in [3.63, 3.8) is 0 Å². The van der Waals surface area contributed by atoms with Gasteiger partial charge in [-0.25, -0.2) is 0 Å². The first-order valence-electron chi connectivity index (χ1n) is 6.66. The summed E-state index contributed by atoms with van der Waals surface area (Å²) in [4.78, 5) is 0. The second kappa shape index (κ2) is 6.53. The van der Waals surface area contributed by atoms with Crippen LogP contribution in [-0.4, -0.2) is 46.1 Å². The van der Waals surface area contributed by atoms with Crippen molar-refractivity contribution in [2.75, 3.05) is 38.1 Å². The molecule has 1 saturated heterocycles. The average molecular weight is 299 g/mol. The van der Waals surface area contributed by atoms with E-state index in [9.17, 15) is 8.42 Å². The largest absolute Gasteiger partial charge is 0.379 e. The van der Waals surface area contributed by atoms with Gasteiger partial charge in [-0.2, -0.15) is 12.7 Å². The summed E-state index contributed by atoms with van der Waals surface area (Å²) in [6.45, 7) is 3.64. The topological polar surface area (TPSA) is 70.7 Å². The zero-order valence-electron chi connectivity index (χ0n) is 11.8. The van der Waals surface area contributed by atoms with Gasteiger partial charge in [0.25, 0.3) is 0 Å². The lowest BCUT2D eigenvalue weighted by Gasteiger charge is -2.27. The molecule has 2 rings (SSSR count). The van der Waals surface area contributed by atoms with Crippen molar-refractivity contribution in [2.24, 2.45) is 0 Å². The van der Waals surface area contributed by atoms with E-state index in [-0.39, 0.29) is 6.04 Å². The number of anilines is 1. The maximum Gasteiger partial charge on any atom is 0.301 e. The summed E-state index contributed by atoms with van der Waals surface area (Å²) in [5, 5.41) is 3.12. The molecule has 1 unspecified atom stereocenters. The van der Waals surface area contributed by atoms with Crippen molar-refractivity contribution < 1.29 is 13.2 Å². The summed E-state index contributed by atoms with van der Waals surface area (Å²) in [5.41, 5.74) is 1.53. The van der Waals surface area contributed by atoms with Crippen LogP contribution in [-0.2, 0) is 14.9 Å². The number of para-hydroxylation sites is 1. The first-order valence-corrected chi connectivity index (χ1v) is 8.10. The third-order valence-corrected chi connectivity index (χ3v) is 4.93. The zero-order valence-corrected chi connectivity index (χ0v) is 12.6. The quantitative estimate of drug-likeness (QED) is 0.849. The number of morpholine rings is 1. The van der Waals surface area contributed by atoms with Crippen LogP contribution in [0, 0.1) is 0 Å². The van der Waals surface area contributed by atoms with Gasteiger partial charge in [-0.15, -0.1) is 0 Å². The standard InChI is InChI=1S/C13H21N3O3S/c1-11(14-2)12-5-3-4-6-13(12)15-20(17,18)16-7-9-19-10-8-16/h3-6,11,14-15H,7-10H2,1-2H3. The molecule has 0 aromatic heterocycles. The van der Waals surface area contributed by atoms with Crippen molar-refractivity contribution >= 4 is 15.9 Å². The molecule has 7 heteroatoms. The van der Waals surface area contributed by atoms with Gasteiger partial charge in [-0.3, -0.25) is 4.72 Å². The van der Waals surface area contributed by atoms with Gasteiger partial charge >= 0.3 is 10.2 Å². The van der Waals surface area contributed by atoms with E-state index in [0.717, 1.165) is 5.56 Å². The Bertz CT molecular complexity index is 542. The molecule has 112 valence electrons. The molecule has 2 N–H and O–H groups in total. The van der Waals surface area contributed by atoms with Crippen LogP contribution in [0.1, 0.15) is 18.5 Å². The second-order valence-corrected chi connectivity index (χ2v) is 6.39. The molecular formula is C13H21N3O3S. The molecule has 6 nitrogen and oxygen atoms in total. The minimum Gasteiger partial charge on any atom is -0.379 e. The Hall–Kier alpha value is -1.15. The molecule has 1 atom stereocenters. The van der Waals surface area contributed by atoms with E-state index in [1.807, 2.05) is 32.2 Å². The molecule has 1 aromatic rings. The fraction of sp³-hybridized carbons (Fsp3) is 0.538. The molecule has 1 fully saturated rings. The molecule has 0 spiro atoms. The lowest BCUT2D eigenvalue weighted by molar-refractivity contribution is 0.0733. The van der Waals surface area contributed by atoms with Crippen molar-refractivity contribution in [1.82, 2.24) is 9.62 Å². The van der Waals surface area contributed by atoms with Gasteiger partial charge in [0.1, 0.15) is 0 Å². The number of ether oxygens (including phenoxy) is 1. The van der Waals surface area contributed by atoms with Gasteiger partial charge in [0.05, 0.1) is 18.9 Å². The third kappa shape index (κ3) is 3.49. The number of rotatable bonds is 5. The highest BCUT2D eigenvalue weighted by Gasteiger charge is 2.25. The molecule has 1 aliphatic heterocycles. The van der Waals surface area contributed by atoms with Crippen molar-refractivity contribution in [1.29, 1.82) is 0 Å². The van der Waals surface area contributed by atoms with E-state index < -0.39 is 10.2 Å². The van der Waals surface area contributed by atoms with Crippen LogP contribution in [0.4, 0.5) is 5.69 Å². The first kappa shape index (κ1) is 15.2. The van der Waals surface area contributed by atoms with Gasteiger partial charge in [-0.05, 0) is 25.6 Å². The normalized spacial score (nSPS) is 18.7.